The van der Waals surface area contributed by atoms with E-state index in [0.717, 1.165) is 30.4 Å². The zero-order valence-corrected chi connectivity index (χ0v) is 10.6. The van der Waals surface area contributed by atoms with Crippen LogP contribution in [0, 0.1) is 5.92 Å². The molecule has 0 fully saturated rings. The maximum atomic E-state index is 10.9. The fourth-order valence-corrected chi connectivity index (χ4v) is 1.91. The molecule has 5 nitrogen and oxygen atoms in total. The second-order valence-corrected chi connectivity index (χ2v) is 4.86. The second kappa shape index (κ2) is 5.16. The van der Waals surface area contributed by atoms with E-state index >= 15 is 0 Å². The van der Waals surface area contributed by atoms with Gasteiger partial charge in [0.15, 0.2) is 0 Å². The number of carbonyl (C=O) groups is 1. The highest BCUT2D eigenvalue weighted by Gasteiger charge is 2.09. The standard InChI is InChI=1S/C13H17N3O2/c1-9(2)4-3-7-16-12-8-10(13(17)18)5-6-11(12)14-15-16/h5-6,8-9H,3-4,7H2,1-2H3,(H,17,18). The molecule has 0 aliphatic heterocycles. The summed E-state index contributed by atoms with van der Waals surface area (Å²) in [5.74, 6) is -0.263. The van der Waals surface area contributed by atoms with E-state index in [1.165, 1.54) is 0 Å². The fraction of sp³-hybridized carbons (Fsp3) is 0.462. The van der Waals surface area contributed by atoms with Crippen molar-refractivity contribution in [1.82, 2.24) is 15.0 Å². The summed E-state index contributed by atoms with van der Waals surface area (Å²) < 4.78 is 1.78. The molecule has 1 aromatic carbocycles. The van der Waals surface area contributed by atoms with Gasteiger partial charge in [0.25, 0.3) is 0 Å². The van der Waals surface area contributed by atoms with Gasteiger partial charge in [-0.1, -0.05) is 19.1 Å². The lowest BCUT2D eigenvalue weighted by Crippen LogP contribution is -2.03. The monoisotopic (exact) mass is 247 g/mol. The van der Waals surface area contributed by atoms with Crippen LogP contribution >= 0.6 is 0 Å². The van der Waals surface area contributed by atoms with Crippen LogP contribution in [0.2, 0.25) is 0 Å². The third kappa shape index (κ3) is 2.67. The molecule has 0 amide bonds. The highest BCUT2D eigenvalue weighted by molar-refractivity contribution is 5.92. The number of carboxylic acids is 1. The van der Waals surface area contributed by atoms with Crippen molar-refractivity contribution in [2.24, 2.45) is 5.92 Å². The van der Waals surface area contributed by atoms with Crippen LogP contribution in [0.4, 0.5) is 0 Å². The number of carboxylic acid groups (broad SMARTS) is 1. The Morgan fingerprint density at radius 2 is 2.22 bits per heavy atom. The zero-order valence-electron chi connectivity index (χ0n) is 10.6. The molecule has 0 aliphatic rings. The molecule has 2 aromatic rings. The smallest absolute Gasteiger partial charge is 0.335 e. The van der Waals surface area contributed by atoms with Gasteiger partial charge in [0, 0.05) is 6.54 Å². The van der Waals surface area contributed by atoms with Crippen molar-refractivity contribution in [2.75, 3.05) is 0 Å². The summed E-state index contributed by atoms with van der Waals surface area (Å²) in [7, 11) is 0. The molecule has 96 valence electrons. The summed E-state index contributed by atoms with van der Waals surface area (Å²) in [6.07, 6.45) is 2.15. The largest absolute Gasteiger partial charge is 0.478 e. The van der Waals surface area contributed by atoms with Crippen molar-refractivity contribution in [3.05, 3.63) is 23.8 Å². The van der Waals surface area contributed by atoms with Crippen LogP contribution in [0.3, 0.4) is 0 Å². The van der Waals surface area contributed by atoms with E-state index in [0.29, 0.717) is 5.92 Å². The normalized spacial score (nSPS) is 11.3. The van der Waals surface area contributed by atoms with Gasteiger partial charge >= 0.3 is 5.97 Å². The van der Waals surface area contributed by atoms with E-state index in [1.807, 2.05) is 0 Å². The van der Waals surface area contributed by atoms with E-state index in [-0.39, 0.29) is 5.56 Å². The summed E-state index contributed by atoms with van der Waals surface area (Å²) in [5.41, 5.74) is 1.80. The molecule has 1 N–H and O–H groups in total. The maximum absolute atomic E-state index is 10.9. The Kier molecular flexibility index (Phi) is 3.60. The van der Waals surface area contributed by atoms with E-state index in [2.05, 4.69) is 24.2 Å². The molecule has 2 rings (SSSR count). The number of hydrogen-bond acceptors (Lipinski definition) is 3. The summed E-state index contributed by atoms with van der Waals surface area (Å²) >= 11 is 0. The van der Waals surface area contributed by atoms with Gasteiger partial charge in [-0.2, -0.15) is 0 Å². The first kappa shape index (κ1) is 12.5. The molecule has 0 atom stereocenters. The highest BCUT2D eigenvalue weighted by Crippen LogP contribution is 2.15. The first-order valence-corrected chi connectivity index (χ1v) is 6.14. The van der Waals surface area contributed by atoms with Gasteiger partial charge in [0.05, 0.1) is 11.1 Å². The highest BCUT2D eigenvalue weighted by atomic mass is 16.4. The molecule has 0 saturated carbocycles. The SMILES string of the molecule is CC(C)CCCn1nnc2ccc(C(=O)O)cc21. The lowest BCUT2D eigenvalue weighted by Gasteiger charge is -2.05. The van der Waals surface area contributed by atoms with Crippen LogP contribution in [-0.2, 0) is 6.54 Å². The number of benzene rings is 1. The van der Waals surface area contributed by atoms with Crippen LogP contribution in [0.1, 0.15) is 37.0 Å². The number of aryl methyl sites for hydroxylation is 1. The van der Waals surface area contributed by atoms with Crippen molar-refractivity contribution in [1.29, 1.82) is 0 Å². The lowest BCUT2D eigenvalue weighted by atomic mass is 10.1. The third-order valence-corrected chi connectivity index (χ3v) is 2.91. The summed E-state index contributed by atoms with van der Waals surface area (Å²) in [6, 6.07) is 4.88. The van der Waals surface area contributed by atoms with Gasteiger partial charge in [0.1, 0.15) is 5.52 Å². The molecule has 5 heteroatoms. The van der Waals surface area contributed by atoms with E-state index < -0.39 is 5.97 Å². The molecule has 0 saturated heterocycles. The number of aromatic nitrogens is 3. The Labute approximate surface area is 105 Å². The van der Waals surface area contributed by atoms with Gasteiger partial charge < -0.3 is 5.11 Å². The molecular formula is C13H17N3O2. The lowest BCUT2D eigenvalue weighted by molar-refractivity contribution is 0.0697. The molecule has 0 unspecified atom stereocenters. The van der Waals surface area contributed by atoms with Crippen LogP contribution in [0.5, 0.6) is 0 Å². The van der Waals surface area contributed by atoms with Gasteiger partial charge in [-0.25, -0.2) is 9.48 Å². The van der Waals surface area contributed by atoms with Crippen molar-refractivity contribution >= 4 is 17.0 Å². The Balaban J connectivity index is 2.22. The Bertz CT molecular complexity index is 560. The summed E-state index contributed by atoms with van der Waals surface area (Å²) in [4.78, 5) is 10.9. The Hall–Kier alpha value is -1.91. The minimum atomic E-state index is -0.924. The minimum Gasteiger partial charge on any atom is -0.478 e. The predicted octanol–water partition coefficient (Wildman–Crippen LogP) is 2.57. The second-order valence-electron chi connectivity index (χ2n) is 4.86. The molecule has 0 aliphatic carbocycles. The summed E-state index contributed by atoms with van der Waals surface area (Å²) in [5, 5.41) is 17.1. The number of aromatic carboxylic acids is 1. The van der Waals surface area contributed by atoms with Gasteiger partial charge in [-0.05, 0) is 37.0 Å². The third-order valence-electron chi connectivity index (χ3n) is 2.91. The van der Waals surface area contributed by atoms with Crippen LogP contribution in [-0.4, -0.2) is 26.1 Å². The molecule has 0 radical (unpaired) electrons. The Morgan fingerprint density at radius 3 is 2.89 bits per heavy atom. The topological polar surface area (TPSA) is 68.0 Å². The minimum absolute atomic E-state index is 0.273. The van der Waals surface area contributed by atoms with Crippen LogP contribution < -0.4 is 0 Å². The van der Waals surface area contributed by atoms with E-state index in [4.69, 9.17) is 5.11 Å². The molecule has 1 heterocycles. The molecule has 0 spiro atoms. The number of fused-ring (bicyclic) bond motifs is 1. The van der Waals surface area contributed by atoms with Gasteiger partial charge in [-0.15, -0.1) is 5.10 Å². The Morgan fingerprint density at radius 1 is 1.44 bits per heavy atom. The van der Waals surface area contributed by atoms with Crippen molar-refractivity contribution in [3.8, 4) is 0 Å². The predicted molar refractivity (Wildman–Crippen MR) is 68.6 cm³/mol. The van der Waals surface area contributed by atoms with Crippen molar-refractivity contribution in [2.45, 2.75) is 33.2 Å². The molecule has 1 aromatic heterocycles. The number of rotatable bonds is 5. The fourth-order valence-electron chi connectivity index (χ4n) is 1.91. The van der Waals surface area contributed by atoms with Crippen LogP contribution in [0.15, 0.2) is 18.2 Å². The molecule has 0 bridgehead atoms. The van der Waals surface area contributed by atoms with Crippen molar-refractivity contribution in [3.63, 3.8) is 0 Å². The quantitative estimate of drug-likeness (QED) is 0.881. The maximum Gasteiger partial charge on any atom is 0.335 e. The average Bonchev–Trinajstić information content (AvgIpc) is 2.71. The number of hydrogen-bond donors (Lipinski definition) is 1. The summed E-state index contributed by atoms with van der Waals surface area (Å²) in [6.45, 7) is 5.14. The first-order chi connectivity index (χ1) is 8.58. The van der Waals surface area contributed by atoms with E-state index in [9.17, 15) is 4.79 Å². The number of nitrogens with zero attached hydrogens (tertiary/aromatic N) is 3. The first-order valence-electron chi connectivity index (χ1n) is 6.14. The average molecular weight is 247 g/mol. The zero-order chi connectivity index (χ0) is 13.1. The molecular weight excluding hydrogens is 230 g/mol. The van der Waals surface area contributed by atoms with Crippen LogP contribution in [0.25, 0.3) is 11.0 Å². The van der Waals surface area contributed by atoms with E-state index in [1.54, 1.807) is 22.9 Å². The van der Waals surface area contributed by atoms with Crippen molar-refractivity contribution < 1.29 is 9.90 Å². The van der Waals surface area contributed by atoms with Gasteiger partial charge in [0.2, 0.25) is 0 Å². The molecule has 18 heavy (non-hydrogen) atoms. The van der Waals surface area contributed by atoms with Gasteiger partial charge in [-0.3, -0.25) is 0 Å².